The van der Waals surface area contributed by atoms with E-state index in [1.165, 1.54) is 43.3 Å². The van der Waals surface area contributed by atoms with Gasteiger partial charge in [0.1, 0.15) is 11.3 Å². The van der Waals surface area contributed by atoms with E-state index in [1.807, 2.05) is 0 Å². The monoisotopic (exact) mass is 493 g/mol. The van der Waals surface area contributed by atoms with Crippen molar-refractivity contribution >= 4 is 62.8 Å². The summed E-state index contributed by atoms with van der Waals surface area (Å²) >= 11 is 10.1. The highest BCUT2D eigenvalue weighted by Gasteiger charge is 2.30. The van der Waals surface area contributed by atoms with Gasteiger partial charge in [-0.3, -0.25) is 9.59 Å². The zero-order valence-electron chi connectivity index (χ0n) is 15.1. The molecule has 3 rings (SSSR count). The number of carbonyl (C=O) groups excluding carboxylic acids is 1. The number of nitrogens with one attached hydrogen (secondary N) is 1. The quantitative estimate of drug-likeness (QED) is 0.270. The van der Waals surface area contributed by atoms with Gasteiger partial charge in [0.25, 0.3) is 0 Å². The lowest BCUT2D eigenvalue weighted by Gasteiger charge is -2.15. The van der Waals surface area contributed by atoms with Crippen molar-refractivity contribution in [3.8, 4) is 0 Å². The number of benzene rings is 2. The van der Waals surface area contributed by atoms with Crippen LogP contribution in [0.1, 0.15) is 22.8 Å². The molecule has 30 heavy (non-hydrogen) atoms. The van der Waals surface area contributed by atoms with Gasteiger partial charge in [-0.2, -0.15) is 13.2 Å². The summed E-state index contributed by atoms with van der Waals surface area (Å²) in [5, 5.41) is 0.156. The molecule has 0 aliphatic heterocycles. The van der Waals surface area contributed by atoms with Crippen molar-refractivity contribution in [2.24, 2.45) is 0 Å². The molecule has 1 aromatic heterocycles. The number of hydrogen-bond acceptors (Lipinski definition) is 4. The molecule has 11 heteroatoms. The Morgan fingerprint density at radius 1 is 1.13 bits per heavy atom. The summed E-state index contributed by atoms with van der Waals surface area (Å²) in [6, 6.07) is 8.21. The number of thioether (sulfide) groups is 1. The highest BCUT2D eigenvalue weighted by molar-refractivity contribution is 8.00. The van der Waals surface area contributed by atoms with Gasteiger partial charge in [-0.05, 0) is 43.0 Å². The van der Waals surface area contributed by atoms with E-state index in [0.29, 0.717) is 5.56 Å². The van der Waals surface area contributed by atoms with Crippen molar-refractivity contribution in [2.45, 2.75) is 28.1 Å². The van der Waals surface area contributed by atoms with Crippen molar-refractivity contribution in [2.75, 3.05) is 0 Å². The van der Waals surface area contributed by atoms with Crippen molar-refractivity contribution in [3.05, 3.63) is 67.8 Å². The van der Waals surface area contributed by atoms with Gasteiger partial charge in [0, 0.05) is 21.6 Å². The number of ketones is 1. The number of H-pyrrole nitrogens is 1. The molecule has 158 valence electrons. The van der Waals surface area contributed by atoms with Crippen LogP contribution in [0.3, 0.4) is 0 Å². The Bertz CT molecular complexity index is 1180. The molecule has 0 spiro atoms. The summed E-state index contributed by atoms with van der Waals surface area (Å²) in [6.45, 7) is 1.17. The van der Waals surface area contributed by atoms with Gasteiger partial charge in [0.15, 0.2) is 5.78 Å². The summed E-state index contributed by atoms with van der Waals surface area (Å²) in [4.78, 5) is 27.8. The summed E-state index contributed by atoms with van der Waals surface area (Å²) in [5.41, 5.74) is -4.78. The number of carbonyl (C=O) groups is 1. The van der Waals surface area contributed by atoms with Gasteiger partial charge in [-0.1, -0.05) is 35.3 Å². The largest absolute Gasteiger partial charge is 0.610 e. The van der Waals surface area contributed by atoms with Crippen molar-refractivity contribution in [3.63, 3.8) is 0 Å². The summed E-state index contributed by atoms with van der Waals surface area (Å²) in [7, 11) is 0. The Hall–Kier alpha value is -1.65. The Labute approximate surface area is 185 Å². The Balaban J connectivity index is 2.01. The molecule has 4 nitrogen and oxygen atoms in total. The number of aromatic nitrogens is 1. The normalized spacial score (nSPS) is 12.9. The third kappa shape index (κ3) is 4.97. The SMILES string of the molecule is CC(=O)c1c([S+]([O-])Cc2ccc(SC(F)(F)F)cc2)[nH]c2c(Cl)ccc(Cl)c2c1=O. The molecule has 0 bridgehead atoms. The summed E-state index contributed by atoms with van der Waals surface area (Å²) < 4.78 is 50.3. The first-order valence-electron chi connectivity index (χ1n) is 8.26. The molecule has 2 aromatic carbocycles. The van der Waals surface area contributed by atoms with Crippen LogP contribution < -0.4 is 5.43 Å². The molecule has 0 fully saturated rings. The first kappa shape index (κ1) is 23.0. The van der Waals surface area contributed by atoms with Gasteiger partial charge in [0.2, 0.25) is 10.5 Å². The number of aromatic amines is 1. The maximum absolute atomic E-state index is 13.0. The lowest BCUT2D eigenvalue weighted by Crippen LogP contribution is -2.22. The van der Waals surface area contributed by atoms with Crippen LogP contribution in [-0.2, 0) is 16.9 Å². The Kier molecular flexibility index (Phi) is 6.78. The van der Waals surface area contributed by atoms with Crippen molar-refractivity contribution < 1.29 is 22.5 Å². The lowest BCUT2D eigenvalue weighted by molar-refractivity contribution is -0.0328. The highest BCUT2D eigenvalue weighted by atomic mass is 35.5. The summed E-state index contributed by atoms with van der Waals surface area (Å²) in [6.07, 6.45) is 0. The number of halogens is 5. The van der Waals surface area contributed by atoms with Crippen LogP contribution in [0, 0.1) is 0 Å². The fourth-order valence-corrected chi connectivity index (χ4v) is 5.11. The maximum Gasteiger partial charge on any atom is 0.446 e. The molecular formula is C19H12Cl2F3NO3S2. The van der Waals surface area contributed by atoms with Gasteiger partial charge in [-0.25, -0.2) is 0 Å². The molecule has 1 N–H and O–H groups in total. The standard InChI is InChI=1S/C19H12Cl2F3NO3S2/c1-9(26)14-17(27)15-12(20)6-7-13(21)16(15)25-18(14)30(28)8-10-2-4-11(5-3-10)29-19(22,23)24/h2-7H,8H2,1H3,(H,25,27). The second kappa shape index (κ2) is 8.84. The molecule has 0 amide bonds. The molecule has 0 saturated heterocycles. The van der Waals surface area contributed by atoms with Crippen LogP contribution in [0.15, 0.2) is 51.1 Å². The minimum absolute atomic E-state index is 0.0120. The number of Topliss-reactive ketones (excluding diaryl/α,β-unsaturated/α-hetero) is 1. The van der Waals surface area contributed by atoms with E-state index in [-0.39, 0.29) is 53.9 Å². The van der Waals surface area contributed by atoms with E-state index in [4.69, 9.17) is 23.2 Å². The third-order valence-electron chi connectivity index (χ3n) is 4.06. The van der Waals surface area contributed by atoms with Gasteiger partial charge < -0.3 is 9.54 Å². The molecule has 1 atom stereocenters. The van der Waals surface area contributed by atoms with E-state index in [0.717, 1.165) is 0 Å². The molecule has 0 saturated carbocycles. The predicted octanol–water partition coefficient (Wildman–Crippen LogP) is 5.96. The van der Waals surface area contributed by atoms with Crippen LogP contribution in [0.2, 0.25) is 10.0 Å². The van der Waals surface area contributed by atoms with Crippen LogP contribution in [0.25, 0.3) is 10.9 Å². The first-order valence-corrected chi connectivity index (χ1v) is 11.1. The highest BCUT2D eigenvalue weighted by Crippen LogP contribution is 2.37. The number of pyridine rings is 1. The minimum Gasteiger partial charge on any atom is -0.610 e. The van der Waals surface area contributed by atoms with Crippen LogP contribution in [0.4, 0.5) is 13.2 Å². The first-order chi connectivity index (χ1) is 14.0. The maximum atomic E-state index is 13.0. The van der Waals surface area contributed by atoms with Gasteiger partial charge in [0.05, 0.1) is 20.9 Å². The Morgan fingerprint density at radius 3 is 2.30 bits per heavy atom. The minimum atomic E-state index is -4.41. The van der Waals surface area contributed by atoms with Gasteiger partial charge >= 0.3 is 5.51 Å². The van der Waals surface area contributed by atoms with E-state index in [2.05, 4.69) is 4.98 Å². The molecule has 0 aliphatic carbocycles. The lowest BCUT2D eigenvalue weighted by atomic mass is 10.1. The fraction of sp³-hybridized carbons (Fsp3) is 0.158. The topological polar surface area (TPSA) is 73.0 Å². The van der Waals surface area contributed by atoms with Crippen LogP contribution in [0.5, 0.6) is 0 Å². The molecule has 1 heterocycles. The van der Waals surface area contributed by atoms with E-state index < -0.39 is 27.9 Å². The van der Waals surface area contributed by atoms with Crippen molar-refractivity contribution in [1.29, 1.82) is 0 Å². The Morgan fingerprint density at radius 2 is 1.73 bits per heavy atom. The number of alkyl halides is 3. The molecule has 1 unspecified atom stereocenters. The summed E-state index contributed by atoms with van der Waals surface area (Å²) in [5.74, 6) is -0.730. The molecule has 0 radical (unpaired) electrons. The second-order valence-corrected chi connectivity index (χ2v) is 9.52. The average molecular weight is 494 g/mol. The fourth-order valence-electron chi connectivity index (χ4n) is 2.80. The van der Waals surface area contributed by atoms with E-state index >= 15 is 0 Å². The third-order valence-corrected chi connectivity index (χ3v) is 6.78. The van der Waals surface area contributed by atoms with E-state index in [9.17, 15) is 27.3 Å². The van der Waals surface area contributed by atoms with Crippen LogP contribution in [-0.4, -0.2) is 20.8 Å². The number of hydrogen-bond donors (Lipinski definition) is 1. The molecule has 0 aliphatic rings. The zero-order chi connectivity index (χ0) is 22.2. The number of rotatable bonds is 5. The van der Waals surface area contributed by atoms with Crippen molar-refractivity contribution in [1.82, 2.24) is 4.98 Å². The van der Waals surface area contributed by atoms with Gasteiger partial charge in [-0.15, -0.1) is 0 Å². The predicted molar refractivity (Wildman–Crippen MR) is 113 cm³/mol. The average Bonchev–Trinajstić information content (AvgIpc) is 2.64. The zero-order valence-corrected chi connectivity index (χ0v) is 18.2. The second-order valence-electron chi connectivity index (χ2n) is 6.18. The number of fused-ring (bicyclic) bond motifs is 1. The van der Waals surface area contributed by atoms with E-state index in [1.54, 1.807) is 0 Å². The smallest absolute Gasteiger partial charge is 0.446 e. The van der Waals surface area contributed by atoms with Crippen LogP contribution >= 0.6 is 35.0 Å². The molecule has 3 aromatic rings. The molecular weight excluding hydrogens is 482 g/mol.